The Bertz CT molecular complexity index is 658. The molecule has 0 saturated carbocycles. The van der Waals surface area contributed by atoms with Crippen LogP contribution >= 0.6 is 11.6 Å². The summed E-state index contributed by atoms with van der Waals surface area (Å²) in [5.41, 5.74) is 2.33. The van der Waals surface area contributed by atoms with Crippen LogP contribution in [0.2, 0.25) is 5.02 Å². The van der Waals surface area contributed by atoms with Crippen molar-refractivity contribution in [1.82, 2.24) is 0 Å². The van der Waals surface area contributed by atoms with Gasteiger partial charge in [-0.15, -0.1) is 0 Å². The van der Waals surface area contributed by atoms with E-state index in [1.54, 1.807) is 31.2 Å². The number of rotatable bonds is 2. The van der Waals surface area contributed by atoms with E-state index in [9.17, 15) is 9.18 Å². The number of anilines is 2. The molecule has 104 valence electrons. The van der Waals surface area contributed by atoms with Gasteiger partial charge in [0.25, 0.3) is 0 Å². The Hall–Kier alpha value is -2.07. The summed E-state index contributed by atoms with van der Waals surface area (Å²) >= 11 is 5.98. The van der Waals surface area contributed by atoms with Crippen LogP contribution in [-0.4, -0.2) is 6.03 Å². The average Bonchev–Trinajstić information content (AvgIpc) is 2.39. The summed E-state index contributed by atoms with van der Waals surface area (Å²) in [6.45, 7) is 3.48. The lowest BCUT2D eigenvalue weighted by atomic mass is 10.2. The number of halogens is 2. The fourth-order valence-electron chi connectivity index (χ4n) is 1.70. The first kappa shape index (κ1) is 14.3. The van der Waals surface area contributed by atoms with E-state index in [2.05, 4.69) is 10.6 Å². The molecule has 0 aliphatic carbocycles. The topological polar surface area (TPSA) is 41.1 Å². The second kappa shape index (κ2) is 5.92. The number of amides is 2. The third-order valence-corrected chi connectivity index (χ3v) is 3.35. The number of benzene rings is 2. The maximum Gasteiger partial charge on any atom is 0.323 e. The summed E-state index contributed by atoms with van der Waals surface area (Å²) in [6.07, 6.45) is 0. The molecule has 0 atom stereocenters. The summed E-state index contributed by atoms with van der Waals surface area (Å²) < 4.78 is 13.4. The van der Waals surface area contributed by atoms with Gasteiger partial charge >= 0.3 is 6.03 Å². The molecule has 2 amide bonds. The van der Waals surface area contributed by atoms with E-state index in [0.717, 1.165) is 5.56 Å². The number of nitrogens with one attached hydrogen (secondary N) is 2. The van der Waals surface area contributed by atoms with Crippen LogP contribution in [0.5, 0.6) is 0 Å². The molecule has 0 aliphatic rings. The third kappa shape index (κ3) is 3.27. The average molecular weight is 293 g/mol. The van der Waals surface area contributed by atoms with Crippen molar-refractivity contribution in [2.24, 2.45) is 0 Å². The fourth-order valence-corrected chi connectivity index (χ4v) is 1.88. The van der Waals surface area contributed by atoms with Gasteiger partial charge in [0.05, 0.1) is 0 Å². The van der Waals surface area contributed by atoms with Crippen molar-refractivity contribution < 1.29 is 9.18 Å². The van der Waals surface area contributed by atoms with Crippen LogP contribution in [0.1, 0.15) is 11.1 Å². The molecule has 0 spiro atoms. The summed E-state index contributed by atoms with van der Waals surface area (Å²) in [5, 5.41) is 5.82. The van der Waals surface area contributed by atoms with Crippen molar-refractivity contribution >= 4 is 29.0 Å². The highest BCUT2D eigenvalue weighted by Crippen LogP contribution is 2.21. The zero-order valence-electron chi connectivity index (χ0n) is 11.1. The van der Waals surface area contributed by atoms with E-state index >= 15 is 0 Å². The number of urea groups is 1. The van der Waals surface area contributed by atoms with E-state index in [1.165, 1.54) is 6.07 Å². The van der Waals surface area contributed by atoms with Gasteiger partial charge in [-0.25, -0.2) is 9.18 Å². The SMILES string of the molecule is Cc1ccc(NC(=O)Nc2cccc(F)c2C)cc1Cl. The molecule has 0 aliphatic heterocycles. The molecule has 2 aromatic carbocycles. The molecule has 0 aromatic heterocycles. The van der Waals surface area contributed by atoms with Crippen LogP contribution in [-0.2, 0) is 0 Å². The van der Waals surface area contributed by atoms with Crippen molar-refractivity contribution in [3.63, 3.8) is 0 Å². The van der Waals surface area contributed by atoms with Gasteiger partial charge in [-0.05, 0) is 43.7 Å². The van der Waals surface area contributed by atoms with Gasteiger partial charge in [0.1, 0.15) is 5.82 Å². The molecule has 20 heavy (non-hydrogen) atoms. The lowest BCUT2D eigenvalue weighted by Crippen LogP contribution is -2.20. The fraction of sp³-hybridized carbons (Fsp3) is 0.133. The quantitative estimate of drug-likeness (QED) is 0.824. The first-order chi connectivity index (χ1) is 9.47. The smallest absolute Gasteiger partial charge is 0.308 e. The number of hydrogen-bond donors (Lipinski definition) is 2. The summed E-state index contributed by atoms with van der Waals surface area (Å²) in [7, 11) is 0. The minimum Gasteiger partial charge on any atom is -0.308 e. The third-order valence-electron chi connectivity index (χ3n) is 2.95. The zero-order chi connectivity index (χ0) is 14.7. The molecule has 2 aromatic rings. The Morgan fingerprint density at radius 2 is 1.90 bits per heavy atom. The zero-order valence-corrected chi connectivity index (χ0v) is 11.9. The molecule has 0 fully saturated rings. The van der Waals surface area contributed by atoms with E-state index < -0.39 is 6.03 Å². The number of carbonyl (C=O) groups excluding carboxylic acids is 1. The lowest BCUT2D eigenvalue weighted by molar-refractivity contribution is 0.262. The van der Waals surface area contributed by atoms with Gasteiger partial charge in [-0.3, -0.25) is 0 Å². The molecule has 2 rings (SSSR count). The second-order valence-electron chi connectivity index (χ2n) is 4.46. The molecule has 3 nitrogen and oxygen atoms in total. The van der Waals surface area contributed by atoms with Crippen molar-refractivity contribution in [1.29, 1.82) is 0 Å². The Morgan fingerprint density at radius 3 is 2.60 bits per heavy atom. The van der Waals surface area contributed by atoms with Crippen LogP contribution in [0, 0.1) is 19.7 Å². The first-order valence-corrected chi connectivity index (χ1v) is 6.44. The molecular weight excluding hydrogens is 279 g/mol. The van der Waals surface area contributed by atoms with Crippen LogP contribution in [0.3, 0.4) is 0 Å². The van der Waals surface area contributed by atoms with E-state index in [4.69, 9.17) is 11.6 Å². The van der Waals surface area contributed by atoms with Gasteiger partial charge in [0.15, 0.2) is 0 Å². The van der Waals surface area contributed by atoms with Crippen molar-refractivity contribution in [2.75, 3.05) is 10.6 Å². The molecular formula is C15H14ClFN2O. The highest BCUT2D eigenvalue weighted by atomic mass is 35.5. The van der Waals surface area contributed by atoms with Crippen molar-refractivity contribution in [3.05, 3.63) is 58.4 Å². The standard InChI is InChI=1S/C15H14ClFN2O/c1-9-6-7-11(8-12(9)16)18-15(20)19-14-5-3-4-13(17)10(14)2/h3-8H,1-2H3,(H2,18,19,20). The van der Waals surface area contributed by atoms with E-state index in [-0.39, 0.29) is 5.82 Å². The maximum atomic E-state index is 13.4. The summed E-state index contributed by atoms with van der Waals surface area (Å²) in [6, 6.07) is 9.30. The Labute approximate surface area is 121 Å². The number of aryl methyl sites for hydroxylation is 1. The predicted molar refractivity (Wildman–Crippen MR) is 80.0 cm³/mol. The largest absolute Gasteiger partial charge is 0.323 e. The summed E-state index contributed by atoms with van der Waals surface area (Å²) in [5.74, 6) is -0.360. The first-order valence-electron chi connectivity index (χ1n) is 6.06. The van der Waals surface area contributed by atoms with E-state index in [0.29, 0.717) is 22.0 Å². The Kier molecular flexibility index (Phi) is 4.25. The Morgan fingerprint density at radius 1 is 1.15 bits per heavy atom. The molecule has 0 saturated heterocycles. The molecule has 0 bridgehead atoms. The van der Waals surface area contributed by atoms with Gasteiger partial charge in [-0.1, -0.05) is 23.7 Å². The molecule has 0 heterocycles. The van der Waals surface area contributed by atoms with Crippen LogP contribution in [0.15, 0.2) is 36.4 Å². The predicted octanol–water partition coefficient (Wildman–Crippen LogP) is 4.74. The molecule has 2 N–H and O–H groups in total. The van der Waals surface area contributed by atoms with Gasteiger partial charge < -0.3 is 10.6 Å². The lowest BCUT2D eigenvalue weighted by Gasteiger charge is -2.11. The maximum absolute atomic E-state index is 13.4. The Balaban J connectivity index is 2.09. The minimum atomic E-state index is -0.446. The van der Waals surface area contributed by atoms with Crippen LogP contribution in [0.4, 0.5) is 20.6 Å². The number of carbonyl (C=O) groups is 1. The molecule has 0 radical (unpaired) electrons. The monoisotopic (exact) mass is 292 g/mol. The van der Waals surface area contributed by atoms with Gasteiger partial charge in [0.2, 0.25) is 0 Å². The van der Waals surface area contributed by atoms with Crippen LogP contribution < -0.4 is 10.6 Å². The van der Waals surface area contributed by atoms with Gasteiger partial charge in [0, 0.05) is 22.0 Å². The van der Waals surface area contributed by atoms with Crippen molar-refractivity contribution in [3.8, 4) is 0 Å². The molecule has 0 unspecified atom stereocenters. The minimum absolute atomic E-state index is 0.360. The summed E-state index contributed by atoms with van der Waals surface area (Å²) in [4.78, 5) is 11.9. The second-order valence-corrected chi connectivity index (χ2v) is 4.86. The highest BCUT2D eigenvalue weighted by Gasteiger charge is 2.08. The van der Waals surface area contributed by atoms with Crippen molar-refractivity contribution in [2.45, 2.75) is 13.8 Å². The molecule has 5 heteroatoms. The number of hydrogen-bond acceptors (Lipinski definition) is 1. The van der Waals surface area contributed by atoms with Gasteiger partial charge in [-0.2, -0.15) is 0 Å². The normalized spacial score (nSPS) is 10.2. The van der Waals surface area contributed by atoms with Crippen LogP contribution in [0.25, 0.3) is 0 Å². The highest BCUT2D eigenvalue weighted by molar-refractivity contribution is 6.31. The van der Waals surface area contributed by atoms with E-state index in [1.807, 2.05) is 13.0 Å².